The molecule has 0 fully saturated rings. The van der Waals surface area contributed by atoms with E-state index in [1.165, 1.54) is 6.33 Å². The Morgan fingerprint density at radius 2 is 2.14 bits per heavy atom. The van der Waals surface area contributed by atoms with Gasteiger partial charge in [0.2, 0.25) is 0 Å². The molecule has 6 heteroatoms. The molecule has 0 saturated carbocycles. The lowest BCUT2D eigenvalue weighted by Crippen LogP contribution is -2.35. The molecule has 0 saturated heterocycles. The average molecular weight is 371 g/mol. The van der Waals surface area contributed by atoms with Gasteiger partial charge in [0.1, 0.15) is 5.58 Å². The molecule has 28 heavy (non-hydrogen) atoms. The number of rotatable bonds is 2. The Bertz CT molecular complexity index is 1330. The molecule has 0 aliphatic heterocycles. The second-order valence-corrected chi connectivity index (χ2v) is 7.09. The second kappa shape index (κ2) is 5.96. The van der Waals surface area contributed by atoms with Crippen LogP contribution in [0.25, 0.3) is 26.8 Å². The van der Waals surface area contributed by atoms with E-state index in [4.69, 9.17) is 15.7 Å². The SMILES string of the molecule is [C-]#[N+]C1(c2ccc(OC)c3oc4ccccc4c23)CCc2nc[nH]c(=O)c2C1. The number of hydrogen-bond acceptors (Lipinski definition) is 4. The molecule has 138 valence electrons. The van der Waals surface area contributed by atoms with Gasteiger partial charge >= 0.3 is 0 Å². The van der Waals surface area contributed by atoms with Crippen LogP contribution in [0.5, 0.6) is 5.75 Å². The number of nitrogens with one attached hydrogen (secondary N) is 1. The zero-order valence-electron chi connectivity index (χ0n) is 15.3. The fourth-order valence-electron chi connectivity index (χ4n) is 4.31. The summed E-state index contributed by atoms with van der Waals surface area (Å²) in [6, 6.07) is 11.6. The van der Waals surface area contributed by atoms with E-state index in [1.54, 1.807) is 7.11 Å². The van der Waals surface area contributed by atoms with Crippen LogP contribution in [0.1, 0.15) is 23.2 Å². The van der Waals surface area contributed by atoms with Crippen LogP contribution in [-0.2, 0) is 18.4 Å². The molecule has 2 heterocycles. The first-order valence-electron chi connectivity index (χ1n) is 9.09. The summed E-state index contributed by atoms with van der Waals surface area (Å²) in [7, 11) is 1.61. The number of para-hydroxylation sites is 1. The van der Waals surface area contributed by atoms with E-state index >= 15 is 0 Å². The van der Waals surface area contributed by atoms with Crippen LogP contribution in [0.4, 0.5) is 0 Å². The highest BCUT2D eigenvalue weighted by Crippen LogP contribution is 2.46. The van der Waals surface area contributed by atoms with Crippen LogP contribution in [0.3, 0.4) is 0 Å². The normalized spacial score (nSPS) is 18.7. The zero-order valence-corrected chi connectivity index (χ0v) is 15.3. The number of ether oxygens (including phenoxy) is 1. The molecule has 2 aromatic carbocycles. The Morgan fingerprint density at radius 1 is 1.29 bits per heavy atom. The van der Waals surface area contributed by atoms with E-state index in [2.05, 4.69) is 14.8 Å². The molecule has 1 N–H and O–H groups in total. The van der Waals surface area contributed by atoms with Gasteiger partial charge in [-0.1, -0.05) is 18.2 Å². The Labute approximate surface area is 160 Å². The summed E-state index contributed by atoms with van der Waals surface area (Å²) in [4.78, 5) is 23.4. The number of aromatic amines is 1. The summed E-state index contributed by atoms with van der Waals surface area (Å²) in [6.07, 6.45) is 2.95. The molecule has 0 radical (unpaired) electrons. The minimum atomic E-state index is -0.847. The van der Waals surface area contributed by atoms with Gasteiger partial charge in [-0.3, -0.25) is 4.79 Å². The number of aryl methyl sites for hydroxylation is 1. The number of fused-ring (bicyclic) bond motifs is 4. The third kappa shape index (κ3) is 2.20. The Morgan fingerprint density at radius 3 is 2.96 bits per heavy atom. The average Bonchev–Trinajstić information content (AvgIpc) is 3.13. The first-order valence-corrected chi connectivity index (χ1v) is 9.09. The van der Waals surface area contributed by atoms with Crippen molar-refractivity contribution in [2.24, 2.45) is 0 Å². The van der Waals surface area contributed by atoms with Gasteiger partial charge in [0.25, 0.3) is 11.1 Å². The van der Waals surface area contributed by atoms with E-state index in [9.17, 15) is 4.79 Å². The Balaban J connectivity index is 1.82. The van der Waals surface area contributed by atoms with Gasteiger partial charge in [-0.2, -0.15) is 0 Å². The molecule has 4 aromatic rings. The van der Waals surface area contributed by atoms with E-state index in [1.807, 2.05) is 36.4 Å². The first-order chi connectivity index (χ1) is 13.7. The van der Waals surface area contributed by atoms with Crippen molar-refractivity contribution in [3.05, 3.63) is 81.3 Å². The van der Waals surface area contributed by atoms with Crippen LogP contribution < -0.4 is 10.3 Å². The van der Waals surface area contributed by atoms with Crippen molar-refractivity contribution < 1.29 is 9.15 Å². The van der Waals surface area contributed by atoms with Crippen molar-refractivity contribution in [2.45, 2.75) is 24.8 Å². The number of aromatic nitrogens is 2. The molecule has 6 nitrogen and oxygen atoms in total. The fourth-order valence-corrected chi connectivity index (χ4v) is 4.31. The summed E-state index contributed by atoms with van der Waals surface area (Å²) in [5, 5.41) is 1.83. The van der Waals surface area contributed by atoms with Crippen LogP contribution in [-0.4, -0.2) is 17.1 Å². The molecule has 1 atom stereocenters. The number of benzene rings is 2. The second-order valence-electron chi connectivity index (χ2n) is 7.09. The molecule has 1 unspecified atom stereocenters. The van der Waals surface area contributed by atoms with E-state index < -0.39 is 5.54 Å². The first kappa shape index (κ1) is 16.6. The summed E-state index contributed by atoms with van der Waals surface area (Å²) in [6.45, 7) is 8.06. The third-order valence-corrected chi connectivity index (χ3v) is 5.71. The van der Waals surface area contributed by atoms with Gasteiger partial charge in [0.15, 0.2) is 11.3 Å². The van der Waals surface area contributed by atoms with Crippen molar-refractivity contribution in [2.75, 3.05) is 7.11 Å². The lowest BCUT2D eigenvalue weighted by Gasteiger charge is -2.28. The van der Waals surface area contributed by atoms with E-state index in [0.29, 0.717) is 36.2 Å². The highest BCUT2D eigenvalue weighted by atomic mass is 16.5. The number of furan rings is 1. The quantitative estimate of drug-likeness (QED) is 0.541. The van der Waals surface area contributed by atoms with Gasteiger partial charge in [-0.15, -0.1) is 0 Å². The predicted octanol–water partition coefficient (Wildman–Crippen LogP) is 3.98. The predicted molar refractivity (Wildman–Crippen MR) is 105 cm³/mol. The summed E-state index contributed by atoms with van der Waals surface area (Å²) < 4.78 is 11.6. The van der Waals surface area contributed by atoms with Crippen LogP contribution in [0.15, 0.2) is 51.9 Å². The molecular weight excluding hydrogens is 354 g/mol. The molecular formula is C22H17N3O3. The summed E-state index contributed by atoms with van der Waals surface area (Å²) in [5.41, 5.74) is 2.62. The van der Waals surface area contributed by atoms with Gasteiger partial charge in [-0.05, 0) is 24.6 Å². The van der Waals surface area contributed by atoms with Crippen molar-refractivity contribution >= 4 is 21.9 Å². The molecule has 0 spiro atoms. The fraction of sp³-hybridized carbons (Fsp3) is 0.227. The van der Waals surface area contributed by atoms with Crippen molar-refractivity contribution in [3.8, 4) is 5.75 Å². The van der Waals surface area contributed by atoms with Gasteiger partial charge in [0, 0.05) is 28.3 Å². The van der Waals surface area contributed by atoms with Crippen LogP contribution in [0, 0.1) is 6.57 Å². The Hall–Kier alpha value is -3.59. The number of H-pyrrole nitrogens is 1. The summed E-state index contributed by atoms with van der Waals surface area (Å²) >= 11 is 0. The number of nitrogens with zero attached hydrogens (tertiary/aromatic N) is 2. The lowest BCUT2D eigenvalue weighted by molar-refractivity contribution is 0.410. The third-order valence-electron chi connectivity index (χ3n) is 5.71. The summed E-state index contributed by atoms with van der Waals surface area (Å²) in [5.74, 6) is 0.630. The molecule has 1 aliphatic rings. The van der Waals surface area contributed by atoms with Gasteiger partial charge in [-0.25, -0.2) is 11.6 Å². The number of methoxy groups -OCH3 is 1. The monoisotopic (exact) mass is 371 g/mol. The molecule has 0 amide bonds. The minimum absolute atomic E-state index is 0.167. The van der Waals surface area contributed by atoms with Gasteiger partial charge in [0.05, 0.1) is 25.6 Å². The molecule has 1 aliphatic carbocycles. The van der Waals surface area contributed by atoms with Crippen molar-refractivity contribution in [3.63, 3.8) is 0 Å². The Kier molecular flexibility index (Phi) is 3.53. The van der Waals surface area contributed by atoms with Crippen molar-refractivity contribution in [1.82, 2.24) is 9.97 Å². The maximum atomic E-state index is 12.4. The maximum Gasteiger partial charge on any atom is 0.262 e. The minimum Gasteiger partial charge on any atom is -0.493 e. The van der Waals surface area contributed by atoms with Crippen LogP contribution in [0.2, 0.25) is 0 Å². The smallest absolute Gasteiger partial charge is 0.262 e. The van der Waals surface area contributed by atoms with Gasteiger partial charge < -0.3 is 19.0 Å². The highest BCUT2D eigenvalue weighted by Gasteiger charge is 2.45. The zero-order chi connectivity index (χ0) is 19.3. The van der Waals surface area contributed by atoms with E-state index in [0.717, 1.165) is 27.6 Å². The number of hydrogen-bond donors (Lipinski definition) is 1. The largest absolute Gasteiger partial charge is 0.493 e. The molecule has 2 aromatic heterocycles. The maximum absolute atomic E-state index is 12.4. The lowest BCUT2D eigenvalue weighted by atomic mass is 9.74. The van der Waals surface area contributed by atoms with Crippen LogP contribution >= 0.6 is 0 Å². The van der Waals surface area contributed by atoms with E-state index in [-0.39, 0.29) is 5.56 Å². The topological polar surface area (TPSA) is 72.5 Å². The molecule has 0 bridgehead atoms. The van der Waals surface area contributed by atoms with Crippen molar-refractivity contribution in [1.29, 1.82) is 0 Å². The molecule has 5 rings (SSSR count). The highest BCUT2D eigenvalue weighted by molar-refractivity contribution is 6.09. The standard InChI is InChI=1S/C22H17N3O3/c1-23-22(10-9-16-14(11-22)21(26)25-12-24-16)15-7-8-18(27-2)20-19(15)13-5-3-4-6-17(13)28-20/h3-8,12H,9-11H2,2H3,(H,24,25,26).